The van der Waals surface area contributed by atoms with E-state index in [1.165, 1.54) is 49.3 Å². The van der Waals surface area contributed by atoms with Crippen molar-refractivity contribution in [3.63, 3.8) is 0 Å². The van der Waals surface area contributed by atoms with Gasteiger partial charge in [-0.1, -0.05) is 0 Å². The topological polar surface area (TPSA) is 0 Å². The van der Waals surface area contributed by atoms with Crippen LogP contribution in [-0.2, 0) is 26.2 Å². The second-order valence-corrected chi connectivity index (χ2v) is 25.2. The van der Waals surface area contributed by atoms with Crippen molar-refractivity contribution in [1.29, 1.82) is 0 Å². The number of hydrogen-bond donors (Lipinski definition) is 0. The van der Waals surface area contributed by atoms with Crippen LogP contribution < -0.4 is 3.27 Å². The molecule has 0 heterocycles. The SMILES string of the molecule is Cl.Cl.[CH2]=[Zr]([C]1=CC=CC1)([c]1ccc2ccccc2c1)[C]1(C)C2=C3Cc4ccccc4C3C3CCCCC3C2CC(C)C1(C)C. The monoisotopic (exact) mass is 701 g/mol. The Kier molecular flexibility index (Phi) is 8.56. The Morgan fingerprint density at radius 3 is 2.30 bits per heavy atom. The molecule has 2 saturated carbocycles. The van der Waals surface area contributed by atoms with Gasteiger partial charge < -0.3 is 0 Å². The van der Waals surface area contributed by atoms with E-state index in [0.717, 1.165) is 24.2 Å². The first-order valence-electron chi connectivity index (χ1n) is 16.8. The molecule has 0 N–H and O–H groups in total. The first kappa shape index (κ1) is 32.4. The van der Waals surface area contributed by atoms with Gasteiger partial charge in [0.25, 0.3) is 0 Å². The summed E-state index contributed by atoms with van der Waals surface area (Å²) in [6.45, 7) is 10.7. The van der Waals surface area contributed by atoms with Crippen molar-refractivity contribution < 1.29 is 19.8 Å². The van der Waals surface area contributed by atoms with Crippen LogP contribution in [0.4, 0.5) is 0 Å². The Labute approximate surface area is 282 Å². The second-order valence-electron chi connectivity index (χ2n) is 15.3. The summed E-state index contributed by atoms with van der Waals surface area (Å²) in [5.74, 6) is 3.68. The molecule has 2 fully saturated rings. The molecule has 0 saturated heterocycles. The number of hydrogen-bond acceptors (Lipinski definition) is 0. The van der Waals surface area contributed by atoms with E-state index in [1.807, 2.05) is 11.1 Å². The molecule has 5 aliphatic rings. The summed E-state index contributed by atoms with van der Waals surface area (Å²) in [6.07, 6.45) is 16.6. The Hall–Kier alpha value is -1.53. The summed E-state index contributed by atoms with van der Waals surface area (Å²) in [5, 5.41) is 2.73. The fourth-order valence-electron chi connectivity index (χ4n) is 11.1. The fraction of sp³-hybridized carbons (Fsp3) is 0.439. The van der Waals surface area contributed by atoms with Crippen LogP contribution in [0, 0.1) is 29.1 Å². The van der Waals surface area contributed by atoms with E-state index in [9.17, 15) is 0 Å². The summed E-state index contributed by atoms with van der Waals surface area (Å²) >= 11 is -3.67. The zero-order chi connectivity index (χ0) is 28.9. The maximum absolute atomic E-state index is 5.68. The maximum atomic E-state index is 5.68. The molecule has 231 valence electrons. The van der Waals surface area contributed by atoms with Gasteiger partial charge in [0.1, 0.15) is 0 Å². The van der Waals surface area contributed by atoms with Crippen molar-refractivity contribution in [2.24, 2.45) is 29.1 Å². The normalized spacial score (nSPS) is 32.7. The van der Waals surface area contributed by atoms with Gasteiger partial charge in [-0.2, -0.15) is 0 Å². The van der Waals surface area contributed by atoms with Crippen molar-refractivity contribution in [3.8, 4) is 0 Å². The molecule has 0 aliphatic heterocycles. The molecule has 0 nitrogen and oxygen atoms in total. The molecule has 8 rings (SSSR count). The molecule has 0 amide bonds. The number of fused-ring (bicyclic) bond motifs is 8. The summed E-state index contributed by atoms with van der Waals surface area (Å²) in [7, 11) is 0. The summed E-state index contributed by atoms with van der Waals surface area (Å²) in [6, 6.07) is 26.1. The first-order valence-corrected chi connectivity index (χ1v) is 22.2. The molecule has 3 heteroatoms. The quantitative estimate of drug-likeness (QED) is 0.238. The van der Waals surface area contributed by atoms with Gasteiger partial charge in [0.05, 0.1) is 0 Å². The third kappa shape index (κ3) is 4.27. The third-order valence-corrected chi connectivity index (χ3v) is 27.0. The zero-order valence-electron chi connectivity index (χ0n) is 26.9. The Morgan fingerprint density at radius 2 is 1.55 bits per heavy atom. The van der Waals surface area contributed by atoms with E-state index < -0.39 is 19.8 Å². The second kappa shape index (κ2) is 11.6. The van der Waals surface area contributed by atoms with Gasteiger partial charge >= 0.3 is 259 Å². The number of halogens is 2. The van der Waals surface area contributed by atoms with Crippen molar-refractivity contribution in [2.45, 2.75) is 81.7 Å². The van der Waals surface area contributed by atoms with Gasteiger partial charge in [-0.15, -0.1) is 24.8 Å². The average molecular weight is 704 g/mol. The Bertz CT molecular complexity index is 1740. The standard InChI is InChI=1S/C25H33.C10H7.C5H5.CH2.2ClH.Zr/c1-15-13-21-19-11-7-8-12-20(19)24-18-10-6-5-9-17(18)14-22(24)23(21)16(2)25(15,3)4;1-2-6-10-8-4-3-7-9(10)5-1;1-2-4-5-3-1;;;;/h5-6,9-10,15,19-21,24H,7-8,11-14H2,1-4H3;1-3,5-8H;1-3H,4H2;1H2;2*1H;. The number of rotatable bonds is 3. The molecule has 7 atom stereocenters. The Morgan fingerprint density at radius 1 is 0.841 bits per heavy atom. The minimum absolute atomic E-state index is 0. The molecule has 0 spiro atoms. The Balaban J connectivity index is 0.00000171. The van der Waals surface area contributed by atoms with Crippen LogP contribution in [0.1, 0.15) is 83.3 Å². The predicted molar refractivity (Wildman–Crippen MR) is 192 cm³/mol. The van der Waals surface area contributed by atoms with Gasteiger partial charge in [-0.3, -0.25) is 0 Å². The van der Waals surface area contributed by atoms with Crippen LogP contribution in [0.15, 0.2) is 99.4 Å². The fourth-order valence-corrected chi connectivity index (χ4v) is 24.3. The van der Waals surface area contributed by atoms with E-state index in [2.05, 4.69) is 113 Å². The number of allylic oxidation sites excluding steroid dienone is 6. The van der Waals surface area contributed by atoms with Crippen LogP contribution >= 0.6 is 24.8 Å². The van der Waals surface area contributed by atoms with Gasteiger partial charge in [0.15, 0.2) is 0 Å². The molecule has 0 aromatic heterocycles. The van der Waals surface area contributed by atoms with Gasteiger partial charge in [0.2, 0.25) is 0 Å². The van der Waals surface area contributed by atoms with E-state index in [0.29, 0.717) is 11.8 Å². The van der Waals surface area contributed by atoms with Crippen molar-refractivity contribution >= 4 is 43.1 Å². The molecule has 0 bridgehead atoms. The van der Waals surface area contributed by atoms with Crippen LogP contribution in [0.25, 0.3) is 10.8 Å². The van der Waals surface area contributed by atoms with Gasteiger partial charge in [-0.25, -0.2) is 0 Å². The molecule has 0 radical (unpaired) electrons. The molecule has 44 heavy (non-hydrogen) atoms. The molecule has 3 aromatic rings. The van der Waals surface area contributed by atoms with E-state index in [4.69, 9.17) is 4.21 Å². The van der Waals surface area contributed by atoms with Crippen LogP contribution in [0.3, 0.4) is 0 Å². The van der Waals surface area contributed by atoms with Crippen molar-refractivity contribution in [3.05, 3.63) is 111 Å². The minimum atomic E-state index is -3.67. The van der Waals surface area contributed by atoms with Crippen molar-refractivity contribution in [2.75, 3.05) is 0 Å². The molecular formula is C41H49Cl2Zr. The van der Waals surface area contributed by atoms with Crippen molar-refractivity contribution in [1.82, 2.24) is 0 Å². The summed E-state index contributed by atoms with van der Waals surface area (Å²) in [5.41, 5.74) is 7.22. The first-order chi connectivity index (χ1) is 20.3. The molecule has 7 unspecified atom stereocenters. The average Bonchev–Trinajstić information content (AvgIpc) is 3.68. The zero-order valence-corrected chi connectivity index (χ0v) is 31.0. The third-order valence-electron chi connectivity index (χ3n) is 13.8. The molecular weight excluding hydrogens is 655 g/mol. The molecule has 3 aromatic carbocycles. The van der Waals surface area contributed by atoms with E-state index in [1.54, 1.807) is 17.7 Å². The van der Waals surface area contributed by atoms with Crippen LogP contribution in [-0.4, -0.2) is 4.21 Å². The predicted octanol–water partition coefficient (Wildman–Crippen LogP) is 11.1. The van der Waals surface area contributed by atoms with Gasteiger partial charge in [0, 0.05) is 0 Å². The van der Waals surface area contributed by atoms with Crippen LogP contribution in [0.2, 0.25) is 3.12 Å². The number of benzene rings is 3. The summed E-state index contributed by atoms with van der Waals surface area (Å²) in [4.78, 5) is 0. The van der Waals surface area contributed by atoms with Crippen LogP contribution in [0.5, 0.6) is 0 Å². The molecule has 5 aliphatic carbocycles. The van der Waals surface area contributed by atoms with Gasteiger partial charge in [-0.05, 0) is 0 Å². The van der Waals surface area contributed by atoms with E-state index >= 15 is 0 Å². The summed E-state index contributed by atoms with van der Waals surface area (Å²) < 4.78 is 9.07. The van der Waals surface area contributed by atoms with E-state index in [-0.39, 0.29) is 33.4 Å².